The minimum Gasteiger partial charge on any atom is -0.618 e. The quantitative estimate of drug-likeness (QED) is 0.248. The van der Waals surface area contributed by atoms with Gasteiger partial charge in [-0.25, -0.2) is 0 Å². The zero-order chi connectivity index (χ0) is 18.3. The van der Waals surface area contributed by atoms with E-state index in [0.29, 0.717) is 15.0 Å². The van der Waals surface area contributed by atoms with Crippen molar-refractivity contribution >= 4 is 33.2 Å². The van der Waals surface area contributed by atoms with Gasteiger partial charge in [0.1, 0.15) is 0 Å². The first-order valence-electron chi connectivity index (χ1n) is 8.04. The van der Waals surface area contributed by atoms with Crippen LogP contribution in [0.2, 0.25) is 0 Å². The number of hydrogen-bond donors (Lipinski definition) is 0. The molecule has 0 aliphatic heterocycles. The van der Waals surface area contributed by atoms with E-state index in [4.69, 9.17) is 0 Å². The van der Waals surface area contributed by atoms with E-state index >= 15 is 0 Å². The lowest BCUT2D eigenvalue weighted by molar-refractivity contribution is -0.630. The number of aromatic nitrogens is 2. The topological polar surface area (TPSA) is 71.0 Å². The van der Waals surface area contributed by atoms with Gasteiger partial charge in [-0.3, -0.25) is 4.79 Å². The maximum absolute atomic E-state index is 12.9. The van der Waals surface area contributed by atoms with Crippen molar-refractivity contribution in [2.75, 3.05) is 0 Å². The van der Waals surface area contributed by atoms with Gasteiger partial charge in [-0.05, 0) is 16.3 Å². The van der Waals surface area contributed by atoms with Crippen molar-refractivity contribution in [3.05, 3.63) is 101 Å². The van der Waals surface area contributed by atoms with Gasteiger partial charge in [0.25, 0.3) is 23.0 Å². The van der Waals surface area contributed by atoms with E-state index in [2.05, 4.69) is 6.58 Å². The Bertz CT molecular complexity index is 1190. The molecule has 5 nitrogen and oxygen atoms in total. The Balaban J connectivity index is 1.87. The summed E-state index contributed by atoms with van der Waals surface area (Å²) in [4.78, 5) is 12.9. The van der Waals surface area contributed by atoms with Crippen molar-refractivity contribution in [1.82, 2.24) is 0 Å². The summed E-state index contributed by atoms with van der Waals surface area (Å²) in [5.74, 6) is -0.577. The fraction of sp³-hybridized carbons (Fsp3) is 0. The van der Waals surface area contributed by atoms with Crippen molar-refractivity contribution < 1.29 is 14.3 Å². The highest BCUT2D eigenvalue weighted by Gasteiger charge is 2.28. The van der Waals surface area contributed by atoms with E-state index in [-0.39, 0.29) is 22.3 Å². The number of para-hydroxylation sites is 2. The lowest BCUT2D eigenvalue weighted by Gasteiger charge is -2.10. The normalized spacial score (nSPS) is 10.9. The van der Waals surface area contributed by atoms with Crippen LogP contribution in [0.5, 0.6) is 0 Å². The predicted molar refractivity (Wildman–Crippen MR) is 99.2 cm³/mol. The van der Waals surface area contributed by atoms with E-state index in [0.717, 1.165) is 17.0 Å². The third-order valence-corrected chi connectivity index (χ3v) is 4.42. The number of nitrogens with zero attached hydrogens (tertiary/aromatic N) is 2. The van der Waals surface area contributed by atoms with Gasteiger partial charge < -0.3 is 10.4 Å². The molecule has 0 N–H and O–H groups in total. The average molecular weight is 342 g/mol. The predicted octanol–water partition coefficient (Wildman–Crippen LogP) is 3.16. The molecule has 0 aliphatic carbocycles. The van der Waals surface area contributed by atoms with Gasteiger partial charge in [-0.1, -0.05) is 61.2 Å². The first-order chi connectivity index (χ1) is 12.6. The van der Waals surface area contributed by atoms with Gasteiger partial charge >= 0.3 is 5.69 Å². The largest absolute Gasteiger partial charge is 0.618 e. The van der Waals surface area contributed by atoms with Crippen molar-refractivity contribution in [1.29, 1.82) is 0 Å². The van der Waals surface area contributed by atoms with Gasteiger partial charge in [0.2, 0.25) is 0 Å². The Hall–Kier alpha value is -3.73. The lowest BCUT2D eigenvalue weighted by atomic mass is 9.95. The van der Waals surface area contributed by atoms with Crippen LogP contribution < -0.4 is 9.46 Å². The van der Waals surface area contributed by atoms with Crippen LogP contribution in [0.3, 0.4) is 0 Å². The van der Waals surface area contributed by atoms with Crippen molar-refractivity contribution in [2.45, 2.75) is 0 Å². The van der Waals surface area contributed by atoms with Crippen LogP contribution in [0.1, 0.15) is 16.1 Å². The molecule has 0 bridgehead atoms. The molecule has 1 aromatic heterocycles. The number of benzene rings is 3. The van der Waals surface area contributed by atoms with Crippen LogP contribution in [-0.4, -0.2) is 5.78 Å². The Morgan fingerprint density at radius 3 is 2.31 bits per heavy atom. The fourth-order valence-corrected chi connectivity index (χ4v) is 3.10. The molecule has 3 aromatic carbocycles. The smallest absolute Gasteiger partial charge is 0.330 e. The molecule has 26 heavy (non-hydrogen) atoms. The van der Waals surface area contributed by atoms with Crippen LogP contribution in [0.15, 0.2) is 79.5 Å². The molecule has 5 heteroatoms. The summed E-state index contributed by atoms with van der Waals surface area (Å²) in [5.41, 5.74) is 0.894. The molecule has 0 saturated heterocycles. The van der Waals surface area contributed by atoms with Gasteiger partial charge in [0.15, 0.2) is 0 Å². The SMILES string of the molecule is C=C(C(=O)c1c[n+]([O-])c2ccccc2[n+]1[O-])c1cccc2ccccc12. The first kappa shape index (κ1) is 15.8. The standard InChI is InChI=1S/C21H14N2O3/c1-14(16-10-6-8-15-7-2-3-9-17(15)16)21(24)20-13-22(25)18-11-4-5-12-19(18)23(20)26/h2-13H,1H2. The van der Waals surface area contributed by atoms with Crippen LogP contribution >= 0.6 is 0 Å². The number of Topliss-reactive ketones (excluding diaryl/α,β-unsaturated/α-hetero) is 1. The molecule has 0 saturated carbocycles. The van der Waals surface area contributed by atoms with Gasteiger partial charge in [-0.15, -0.1) is 0 Å². The highest BCUT2D eigenvalue weighted by molar-refractivity contribution is 6.29. The zero-order valence-corrected chi connectivity index (χ0v) is 13.8. The Morgan fingerprint density at radius 1 is 0.846 bits per heavy atom. The molecule has 0 radical (unpaired) electrons. The molecule has 0 atom stereocenters. The fourth-order valence-electron chi connectivity index (χ4n) is 3.10. The lowest BCUT2D eigenvalue weighted by Crippen LogP contribution is -2.43. The van der Waals surface area contributed by atoms with E-state index < -0.39 is 5.78 Å². The average Bonchev–Trinajstić information content (AvgIpc) is 2.69. The second kappa shape index (κ2) is 5.97. The van der Waals surface area contributed by atoms with Crippen molar-refractivity contribution in [3.63, 3.8) is 0 Å². The molecule has 4 aromatic rings. The summed E-state index contributed by atoms with van der Waals surface area (Å²) in [6.45, 7) is 3.89. The highest BCUT2D eigenvalue weighted by atomic mass is 16.5. The van der Waals surface area contributed by atoms with Crippen LogP contribution in [-0.2, 0) is 0 Å². The van der Waals surface area contributed by atoms with E-state index in [1.54, 1.807) is 18.2 Å². The Labute approximate surface area is 149 Å². The molecule has 4 rings (SSSR count). The minimum absolute atomic E-state index is 0.138. The number of ketones is 1. The molecule has 0 aliphatic rings. The highest BCUT2D eigenvalue weighted by Crippen LogP contribution is 2.26. The number of rotatable bonds is 3. The number of carbonyl (C=O) groups is 1. The minimum atomic E-state index is -0.577. The van der Waals surface area contributed by atoms with E-state index in [1.165, 1.54) is 12.1 Å². The second-order valence-corrected chi connectivity index (χ2v) is 5.96. The maximum Gasteiger partial charge on any atom is 0.330 e. The molecule has 0 fully saturated rings. The molecule has 1 heterocycles. The third kappa shape index (κ3) is 2.38. The van der Waals surface area contributed by atoms with Gasteiger partial charge in [0, 0.05) is 17.7 Å². The number of allylic oxidation sites excluding steroid dienone is 1. The first-order valence-corrected chi connectivity index (χ1v) is 8.04. The summed E-state index contributed by atoms with van der Waals surface area (Å²) in [6, 6.07) is 19.5. The summed E-state index contributed by atoms with van der Waals surface area (Å²) >= 11 is 0. The number of hydrogen-bond acceptors (Lipinski definition) is 3. The third-order valence-electron chi connectivity index (χ3n) is 4.42. The van der Waals surface area contributed by atoms with Crippen molar-refractivity contribution in [3.8, 4) is 0 Å². The monoisotopic (exact) mass is 342 g/mol. The summed E-state index contributed by atoms with van der Waals surface area (Å²) in [5, 5.41) is 26.7. The summed E-state index contributed by atoms with van der Waals surface area (Å²) in [6.07, 6.45) is 1.01. The molecular weight excluding hydrogens is 328 g/mol. The van der Waals surface area contributed by atoms with E-state index in [1.807, 2.05) is 36.4 Å². The molecule has 126 valence electrons. The molecule has 0 unspecified atom stereocenters. The maximum atomic E-state index is 12.9. The molecular formula is C21H14N2O3. The second-order valence-electron chi connectivity index (χ2n) is 5.96. The number of fused-ring (bicyclic) bond motifs is 2. The molecule has 0 amide bonds. The summed E-state index contributed by atoms with van der Waals surface area (Å²) < 4.78 is 1.02. The zero-order valence-electron chi connectivity index (χ0n) is 13.8. The number of carbonyl (C=O) groups excluding carboxylic acids is 1. The molecule has 0 spiro atoms. The Morgan fingerprint density at radius 2 is 1.50 bits per heavy atom. The van der Waals surface area contributed by atoms with Gasteiger partial charge in [0.05, 0.1) is 0 Å². The summed E-state index contributed by atoms with van der Waals surface area (Å²) in [7, 11) is 0. The van der Waals surface area contributed by atoms with Crippen LogP contribution in [0, 0.1) is 10.4 Å². The Kier molecular flexibility index (Phi) is 3.62. The van der Waals surface area contributed by atoms with E-state index in [9.17, 15) is 15.2 Å². The van der Waals surface area contributed by atoms with Crippen molar-refractivity contribution in [2.24, 2.45) is 0 Å². The van der Waals surface area contributed by atoms with Crippen LogP contribution in [0.4, 0.5) is 0 Å². The van der Waals surface area contributed by atoms with Crippen LogP contribution in [0.25, 0.3) is 27.4 Å². The van der Waals surface area contributed by atoms with Gasteiger partial charge in [-0.2, -0.15) is 9.46 Å².